The summed E-state index contributed by atoms with van der Waals surface area (Å²) in [6.45, 7) is 8.87. The van der Waals surface area contributed by atoms with Crippen molar-refractivity contribution in [1.29, 1.82) is 0 Å². The molecule has 0 spiro atoms. The van der Waals surface area contributed by atoms with E-state index in [1.165, 1.54) is 0 Å². The van der Waals surface area contributed by atoms with E-state index >= 15 is 0 Å². The van der Waals surface area contributed by atoms with Gasteiger partial charge < -0.3 is 15.4 Å². The SMILES string of the molecule is CC1CCC(CN)(C(=O)N2CCOC(C)(C)C2)CC1. The van der Waals surface area contributed by atoms with Crippen LogP contribution in [0.25, 0.3) is 0 Å². The summed E-state index contributed by atoms with van der Waals surface area (Å²) in [5.41, 5.74) is 5.44. The van der Waals surface area contributed by atoms with E-state index < -0.39 is 0 Å². The van der Waals surface area contributed by atoms with Gasteiger partial charge in [-0.2, -0.15) is 0 Å². The number of nitrogens with two attached hydrogens (primary N) is 1. The van der Waals surface area contributed by atoms with Crippen molar-refractivity contribution in [3.63, 3.8) is 0 Å². The molecule has 0 aromatic heterocycles. The number of hydrogen-bond acceptors (Lipinski definition) is 3. The predicted octanol–water partition coefficient (Wildman–Crippen LogP) is 1.78. The summed E-state index contributed by atoms with van der Waals surface area (Å²) in [5, 5.41) is 0. The molecule has 0 aromatic rings. The highest BCUT2D eigenvalue weighted by atomic mass is 16.5. The van der Waals surface area contributed by atoms with Gasteiger partial charge in [-0.05, 0) is 45.4 Å². The molecular formula is C15H28N2O2. The lowest BCUT2D eigenvalue weighted by atomic mass is 9.70. The van der Waals surface area contributed by atoms with Crippen molar-refractivity contribution >= 4 is 5.91 Å². The molecule has 2 aliphatic rings. The highest BCUT2D eigenvalue weighted by molar-refractivity contribution is 5.83. The summed E-state index contributed by atoms with van der Waals surface area (Å²) in [7, 11) is 0. The third-order valence-electron chi connectivity index (χ3n) is 4.79. The molecule has 1 aliphatic heterocycles. The molecule has 4 heteroatoms. The molecule has 19 heavy (non-hydrogen) atoms. The van der Waals surface area contributed by atoms with Crippen LogP contribution in [0.4, 0.5) is 0 Å². The Morgan fingerprint density at radius 3 is 2.53 bits per heavy atom. The first-order valence-corrected chi connectivity index (χ1v) is 7.52. The summed E-state index contributed by atoms with van der Waals surface area (Å²) < 4.78 is 5.69. The molecule has 0 unspecified atom stereocenters. The minimum Gasteiger partial charge on any atom is -0.372 e. The monoisotopic (exact) mass is 268 g/mol. The minimum atomic E-state index is -0.306. The molecule has 1 saturated carbocycles. The number of carbonyl (C=O) groups excluding carboxylic acids is 1. The van der Waals surface area contributed by atoms with Crippen LogP contribution < -0.4 is 5.73 Å². The Kier molecular flexibility index (Phi) is 4.21. The van der Waals surface area contributed by atoms with E-state index in [1.807, 2.05) is 18.7 Å². The summed E-state index contributed by atoms with van der Waals surface area (Å²) in [5.74, 6) is 0.992. The normalized spacial score (nSPS) is 35.2. The van der Waals surface area contributed by atoms with Crippen LogP contribution in [-0.2, 0) is 9.53 Å². The molecule has 2 fully saturated rings. The van der Waals surface area contributed by atoms with Gasteiger partial charge in [0.1, 0.15) is 0 Å². The smallest absolute Gasteiger partial charge is 0.230 e. The van der Waals surface area contributed by atoms with Crippen molar-refractivity contribution in [2.24, 2.45) is 17.1 Å². The Morgan fingerprint density at radius 1 is 1.37 bits per heavy atom. The standard InChI is InChI=1S/C15H28N2O2/c1-12-4-6-15(10-16,7-5-12)13(18)17-8-9-19-14(2,3)11-17/h12H,4-11,16H2,1-3H3. The number of nitrogens with zero attached hydrogens (tertiary/aromatic N) is 1. The van der Waals surface area contributed by atoms with Crippen LogP contribution in [0.3, 0.4) is 0 Å². The van der Waals surface area contributed by atoms with Gasteiger partial charge >= 0.3 is 0 Å². The molecule has 1 saturated heterocycles. The van der Waals surface area contributed by atoms with E-state index in [-0.39, 0.29) is 16.9 Å². The van der Waals surface area contributed by atoms with Crippen LogP contribution in [0.2, 0.25) is 0 Å². The highest BCUT2D eigenvalue weighted by Gasteiger charge is 2.44. The van der Waals surface area contributed by atoms with E-state index in [9.17, 15) is 4.79 Å². The summed E-state index contributed by atoms with van der Waals surface area (Å²) in [4.78, 5) is 14.9. The number of morpholine rings is 1. The fourth-order valence-electron chi connectivity index (χ4n) is 3.35. The zero-order valence-electron chi connectivity index (χ0n) is 12.6. The quantitative estimate of drug-likeness (QED) is 0.830. The first kappa shape index (κ1) is 14.8. The maximum Gasteiger partial charge on any atom is 0.230 e. The third kappa shape index (κ3) is 3.11. The van der Waals surface area contributed by atoms with Crippen molar-refractivity contribution < 1.29 is 9.53 Å². The van der Waals surface area contributed by atoms with Crippen LogP contribution in [0.5, 0.6) is 0 Å². The molecule has 2 N–H and O–H groups in total. The number of carbonyl (C=O) groups is 1. The lowest BCUT2D eigenvalue weighted by Gasteiger charge is -2.45. The second-order valence-electron chi connectivity index (χ2n) is 7.00. The van der Waals surface area contributed by atoms with Crippen molar-refractivity contribution in [3.05, 3.63) is 0 Å². The second-order valence-corrected chi connectivity index (χ2v) is 7.00. The first-order valence-electron chi connectivity index (χ1n) is 7.52. The molecule has 0 atom stereocenters. The van der Waals surface area contributed by atoms with Gasteiger partial charge in [-0.3, -0.25) is 4.79 Å². The average molecular weight is 268 g/mol. The number of amides is 1. The molecule has 1 amide bonds. The zero-order valence-corrected chi connectivity index (χ0v) is 12.6. The fraction of sp³-hybridized carbons (Fsp3) is 0.933. The van der Waals surface area contributed by atoms with Gasteiger partial charge in [-0.15, -0.1) is 0 Å². The molecule has 4 nitrogen and oxygen atoms in total. The molecule has 1 heterocycles. The van der Waals surface area contributed by atoms with Gasteiger partial charge in [0.05, 0.1) is 17.6 Å². The maximum absolute atomic E-state index is 12.9. The Bertz CT molecular complexity index is 333. The number of rotatable bonds is 2. The molecule has 0 bridgehead atoms. The molecule has 2 rings (SSSR count). The van der Waals surface area contributed by atoms with E-state index in [1.54, 1.807) is 0 Å². The molecule has 0 radical (unpaired) electrons. The van der Waals surface area contributed by atoms with Gasteiger partial charge in [0.15, 0.2) is 0 Å². The third-order valence-corrected chi connectivity index (χ3v) is 4.79. The van der Waals surface area contributed by atoms with Crippen LogP contribution in [0.1, 0.15) is 46.5 Å². The van der Waals surface area contributed by atoms with Crippen molar-refractivity contribution in [3.8, 4) is 0 Å². The second kappa shape index (κ2) is 5.41. The summed E-state index contributed by atoms with van der Waals surface area (Å²) in [6.07, 6.45) is 4.13. The lowest BCUT2D eigenvalue weighted by molar-refractivity contribution is -0.158. The topological polar surface area (TPSA) is 55.6 Å². The Labute approximate surface area is 116 Å². The first-order chi connectivity index (χ1) is 8.88. The van der Waals surface area contributed by atoms with Crippen molar-refractivity contribution in [2.45, 2.75) is 52.1 Å². The number of hydrogen-bond donors (Lipinski definition) is 1. The van der Waals surface area contributed by atoms with Crippen LogP contribution in [-0.4, -0.2) is 42.6 Å². The van der Waals surface area contributed by atoms with E-state index in [2.05, 4.69) is 6.92 Å². The van der Waals surface area contributed by atoms with E-state index in [4.69, 9.17) is 10.5 Å². The largest absolute Gasteiger partial charge is 0.372 e. The zero-order chi connectivity index (χ0) is 14.1. The summed E-state index contributed by atoms with van der Waals surface area (Å²) in [6, 6.07) is 0. The Hall–Kier alpha value is -0.610. The maximum atomic E-state index is 12.9. The Balaban J connectivity index is 2.08. The summed E-state index contributed by atoms with van der Waals surface area (Å²) >= 11 is 0. The molecule has 110 valence electrons. The van der Waals surface area contributed by atoms with E-state index in [0.717, 1.165) is 31.6 Å². The fourth-order valence-corrected chi connectivity index (χ4v) is 3.35. The highest BCUT2D eigenvalue weighted by Crippen LogP contribution is 2.40. The van der Waals surface area contributed by atoms with Gasteiger partial charge in [0, 0.05) is 19.6 Å². The molecular weight excluding hydrogens is 240 g/mol. The van der Waals surface area contributed by atoms with Crippen LogP contribution in [0.15, 0.2) is 0 Å². The van der Waals surface area contributed by atoms with E-state index in [0.29, 0.717) is 26.2 Å². The van der Waals surface area contributed by atoms with Crippen LogP contribution in [0, 0.1) is 11.3 Å². The lowest BCUT2D eigenvalue weighted by Crippen LogP contribution is -2.57. The Morgan fingerprint density at radius 2 is 2.00 bits per heavy atom. The van der Waals surface area contributed by atoms with Gasteiger partial charge in [0.2, 0.25) is 5.91 Å². The van der Waals surface area contributed by atoms with Gasteiger partial charge in [-0.1, -0.05) is 6.92 Å². The van der Waals surface area contributed by atoms with Crippen LogP contribution >= 0.6 is 0 Å². The molecule has 1 aliphatic carbocycles. The number of ether oxygens (including phenoxy) is 1. The van der Waals surface area contributed by atoms with Crippen molar-refractivity contribution in [2.75, 3.05) is 26.2 Å². The predicted molar refractivity (Wildman–Crippen MR) is 75.7 cm³/mol. The van der Waals surface area contributed by atoms with Crippen molar-refractivity contribution in [1.82, 2.24) is 4.90 Å². The molecule has 0 aromatic carbocycles. The van der Waals surface area contributed by atoms with Gasteiger partial charge in [-0.25, -0.2) is 0 Å². The minimum absolute atomic E-state index is 0.230. The van der Waals surface area contributed by atoms with Gasteiger partial charge in [0.25, 0.3) is 0 Å². The average Bonchev–Trinajstić information content (AvgIpc) is 2.38.